The molecule has 1 heterocycles. The molecule has 1 aliphatic heterocycles. The highest BCUT2D eigenvalue weighted by molar-refractivity contribution is 5.78. The summed E-state index contributed by atoms with van der Waals surface area (Å²) in [5.41, 5.74) is 2.98. The molecule has 3 rings (SSSR count). The van der Waals surface area contributed by atoms with E-state index >= 15 is 0 Å². The van der Waals surface area contributed by atoms with Crippen LogP contribution in [0.15, 0.2) is 54.6 Å². The maximum absolute atomic E-state index is 11.7. The Morgan fingerprint density at radius 1 is 1.12 bits per heavy atom. The number of nitrogens with one attached hydrogen (secondary N) is 3. The van der Waals surface area contributed by atoms with Gasteiger partial charge in [-0.1, -0.05) is 48.5 Å². The van der Waals surface area contributed by atoms with Crippen molar-refractivity contribution in [3.8, 4) is 0 Å². The van der Waals surface area contributed by atoms with E-state index in [0.29, 0.717) is 6.42 Å². The lowest BCUT2D eigenvalue weighted by Crippen LogP contribution is -2.43. The minimum Gasteiger partial charge on any atom is -0.480 e. The van der Waals surface area contributed by atoms with Crippen molar-refractivity contribution in [1.29, 1.82) is 0 Å². The van der Waals surface area contributed by atoms with Gasteiger partial charge in [-0.25, -0.2) is 4.79 Å². The molecule has 0 aromatic heterocycles. The molecule has 5 nitrogen and oxygen atoms in total. The SMILES string of the molecule is O=C(O)C(Cc1ccccc1)Nc1ccccc1C1CNCCN1. The van der Waals surface area contributed by atoms with Crippen molar-refractivity contribution in [3.05, 3.63) is 65.7 Å². The van der Waals surface area contributed by atoms with Gasteiger partial charge in [0.1, 0.15) is 6.04 Å². The molecule has 2 aromatic rings. The van der Waals surface area contributed by atoms with Crippen LogP contribution in [0.5, 0.6) is 0 Å². The molecule has 5 heteroatoms. The van der Waals surface area contributed by atoms with Crippen molar-refractivity contribution in [2.24, 2.45) is 0 Å². The Morgan fingerprint density at radius 3 is 2.58 bits per heavy atom. The molecule has 0 spiro atoms. The molecule has 0 aliphatic carbocycles. The lowest BCUT2D eigenvalue weighted by molar-refractivity contribution is -0.137. The highest BCUT2D eigenvalue weighted by Crippen LogP contribution is 2.24. The van der Waals surface area contributed by atoms with Crippen molar-refractivity contribution in [3.63, 3.8) is 0 Å². The van der Waals surface area contributed by atoms with Crippen LogP contribution in [0.2, 0.25) is 0 Å². The topological polar surface area (TPSA) is 73.4 Å². The number of carbonyl (C=O) groups is 1. The number of carboxylic acid groups (broad SMARTS) is 1. The lowest BCUT2D eigenvalue weighted by atomic mass is 10.0. The third kappa shape index (κ3) is 4.13. The first-order chi connectivity index (χ1) is 11.7. The molecule has 1 aliphatic rings. The van der Waals surface area contributed by atoms with Crippen molar-refractivity contribution >= 4 is 11.7 Å². The third-order valence-electron chi connectivity index (χ3n) is 4.29. The number of hydrogen-bond acceptors (Lipinski definition) is 4. The number of benzene rings is 2. The van der Waals surface area contributed by atoms with Crippen LogP contribution in [0.25, 0.3) is 0 Å². The lowest BCUT2D eigenvalue weighted by Gasteiger charge is -2.28. The molecule has 4 N–H and O–H groups in total. The molecular formula is C19H23N3O2. The average molecular weight is 325 g/mol. The predicted molar refractivity (Wildman–Crippen MR) is 95.2 cm³/mol. The van der Waals surface area contributed by atoms with E-state index in [1.165, 1.54) is 0 Å². The number of para-hydroxylation sites is 1. The zero-order chi connectivity index (χ0) is 16.8. The highest BCUT2D eigenvalue weighted by Gasteiger charge is 2.22. The predicted octanol–water partition coefficient (Wildman–Crippen LogP) is 2.03. The minimum absolute atomic E-state index is 0.189. The molecule has 1 fully saturated rings. The second-order valence-electron chi connectivity index (χ2n) is 6.02. The van der Waals surface area contributed by atoms with Crippen LogP contribution < -0.4 is 16.0 Å². The van der Waals surface area contributed by atoms with Gasteiger partial charge in [0.05, 0.1) is 0 Å². The van der Waals surface area contributed by atoms with E-state index in [2.05, 4.69) is 22.0 Å². The van der Waals surface area contributed by atoms with Crippen molar-refractivity contribution in [2.75, 3.05) is 25.0 Å². The molecule has 24 heavy (non-hydrogen) atoms. The molecular weight excluding hydrogens is 302 g/mol. The van der Waals surface area contributed by atoms with Gasteiger partial charge in [-0.2, -0.15) is 0 Å². The summed E-state index contributed by atoms with van der Waals surface area (Å²) in [5.74, 6) is -0.844. The van der Waals surface area contributed by atoms with Crippen LogP contribution in [-0.4, -0.2) is 36.8 Å². The highest BCUT2D eigenvalue weighted by atomic mass is 16.4. The van der Waals surface area contributed by atoms with E-state index in [1.807, 2.05) is 48.5 Å². The van der Waals surface area contributed by atoms with Crippen LogP contribution in [-0.2, 0) is 11.2 Å². The number of rotatable bonds is 6. The van der Waals surface area contributed by atoms with Crippen molar-refractivity contribution < 1.29 is 9.90 Å². The third-order valence-corrected chi connectivity index (χ3v) is 4.29. The monoisotopic (exact) mass is 325 g/mol. The van der Waals surface area contributed by atoms with Crippen LogP contribution in [0.1, 0.15) is 17.2 Å². The summed E-state index contributed by atoms with van der Waals surface area (Å²) >= 11 is 0. The van der Waals surface area contributed by atoms with Crippen molar-refractivity contribution in [2.45, 2.75) is 18.5 Å². The van der Waals surface area contributed by atoms with E-state index in [1.54, 1.807) is 0 Å². The fourth-order valence-corrected chi connectivity index (χ4v) is 3.04. The Labute approximate surface area is 142 Å². The van der Waals surface area contributed by atoms with Gasteiger partial charge in [0, 0.05) is 37.8 Å². The van der Waals surface area contributed by atoms with E-state index < -0.39 is 12.0 Å². The second kappa shape index (κ2) is 7.95. The summed E-state index contributed by atoms with van der Waals surface area (Å²) in [6.07, 6.45) is 0.445. The molecule has 0 saturated carbocycles. The maximum Gasteiger partial charge on any atom is 0.326 e. The van der Waals surface area contributed by atoms with Gasteiger partial charge in [-0.15, -0.1) is 0 Å². The summed E-state index contributed by atoms with van der Waals surface area (Å²) in [6, 6.07) is 17.2. The van der Waals surface area contributed by atoms with Crippen LogP contribution in [0, 0.1) is 0 Å². The summed E-state index contributed by atoms with van der Waals surface area (Å²) in [4.78, 5) is 11.7. The number of anilines is 1. The standard InChI is InChI=1S/C19H23N3O2/c23-19(24)17(12-14-6-2-1-3-7-14)22-16-9-5-4-8-15(16)18-13-20-10-11-21-18/h1-9,17-18,20-22H,10-13H2,(H,23,24). The first-order valence-corrected chi connectivity index (χ1v) is 8.30. The number of carboxylic acids is 1. The van der Waals surface area contributed by atoms with E-state index in [0.717, 1.165) is 36.4 Å². The molecule has 1 saturated heterocycles. The van der Waals surface area contributed by atoms with Gasteiger partial charge < -0.3 is 21.1 Å². The molecule has 2 atom stereocenters. The Balaban J connectivity index is 1.78. The molecule has 0 radical (unpaired) electrons. The summed E-state index contributed by atoms with van der Waals surface area (Å²) in [5, 5.41) is 19.7. The summed E-state index contributed by atoms with van der Waals surface area (Å²) in [6.45, 7) is 2.71. The van der Waals surface area contributed by atoms with E-state index in [9.17, 15) is 9.90 Å². The zero-order valence-electron chi connectivity index (χ0n) is 13.5. The first-order valence-electron chi connectivity index (χ1n) is 8.30. The Morgan fingerprint density at radius 2 is 1.88 bits per heavy atom. The average Bonchev–Trinajstić information content (AvgIpc) is 2.63. The molecule has 2 unspecified atom stereocenters. The Bertz CT molecular complexity index is 669. The summed E-state index contributed by atoms with van der Waals surface area (Å²) in [7, 11) is 0. The summed E-state index contributed by atoms with van der Waals surface area (Å²) < 4.78 is 0. The minimum atomic E-state index is -0.844. The van der Waals surface area contributed by atoms with Gasteiger partial charge in [0.2, 0.25) is 0 Å². The number of piperazine rings is 1. The number of hydrogen-bond donors (Lipinski definition) is 4. The fourth-order valence-electron chi connectivity index (χ4n) is 3.04. The first kappa shape index (κ1) is 16.5. The smallest absolute Gasteiger partial charge is 0.326 e. The fraction of sp³-hybridized carbons (Fsp3) is 0.316. The molecule has 126 valence electrons. The second-order valence-corrected chi connectivity index (χ2v) is 6.02. The zero-order valence-corrected chi connectivity index (χ0v) is 13.5. The van der Waals surface area contributed by atoms with Crippen LogP contribution in [0.3, 0.4) is 0 Å². The molecule has 2 aromatic carbocycles. The Hall–Kier alpha value is -2.37. The molecule has 0 amide bonds. The van der Waals surface area contributed by atoms with Gasteiger partial charge in [-0.3, -0.25) is 0 Å². The Kier molecular flexibility index (Phi) is 5.46. The van der Waals surface area contributed by atoms with Crippen molar-refractivity contribution in [1.82, 2.24) is 10.6 Å². The quantitative estimate of drug-likeness (QED) is 0.654. The van der Waals surface area contributed by atoms with Gasteiger partial charge in [-0.05, 0) is 17.2 Å². The molecule has 0 bridgehead atoms. The van der Waals surface area contributed by atoms with Gasteiger partial charge in [0.15, 0.2) is 0 Å². The van der Waals surface area contributed by atoms with Gasteiger partial charge in [0.25, 0.3) is 0 Å². The van der Waals surface area contributed by atoms with Gasteiger partial charge >= 0.3 is 5.97 Å². The maximum atomic E-state index is 11.7. The van der Waals surface area contributed by atoms with E-state index in [-0.39, 0.29) is 6.04 Å². The normalized spacial score (nSPS) is 18.8. The number of aliphatic carboxylic acids is 1. The largest absolute Gasteiger partial charge is 0.480 e. The van der Waals surface area contributed by atoms with Crippen LogP contribution in [0.4, 0.5) is 5.69 Å². The van der Waals surface area contributed by atoms with E-state index in [4.69, 9.17) is 0 Å². The van der Waals surface area contributed by atoms with Crippen LogP contribution >= 0.6 is 0 Å².